The van der Waals surface area contributed by atoms with Crippen LogP contribution in [0.1, 0.15) is 30.0 Å². The molecule has 1 aliphatic heterocycles. The number of nitrogens with zero attached hydrogens (tertiary/aromatic N) is 2. The van der Waals surface area contributed by atoms with E-state index in [1.165, 1.54) is 33.4 Å². The van der Waals surface area contributed by atoms with Gasteiger partial charge in [-0.15, -0.1) is 0 Å². The molecule has 1 atom stereocenters. The van der Waals surface area contributed by atoms with Gasteiger partial charge >= 0.3 is 0 Å². The zero-order valence-corrected chi connectivity index (χ0v) is 28.5. The third kappa shape index (κ3) is 5.40. The van der Waals surface area contributed by atoms with Crippen molar-refractivity contribution >= 4 is 34.0 Å². The Kier molecular flexibility index (Phi) is 7.93. The second kappa shape index (κ2) is 12.7. The molecular formula is C48H40N2. The highest BCUT2D eigenvalue weighted by Gasteiger charge is 2.28. The predicted molar refractivity (Wildman–Crippen MR) is 214 cm³/mol. The first-order valence-corrected chi connectivity index (χ1v) is 17.3. The second-order valence-electron chi connectivity index (χ2n) is 13.4. The van der Waals surface area contributed by atoms with Gasteiger partial charge in [-0.05, 0) is 118 Å². The number of hydrogen-bond acceptors (Lipinski definition) is 2. The van der Waals surface area contributed by atoms with Crippen molar-refractivity contribution in [2.45, 2.75) is 25.2 Å². The highest BCUT2D eigenvalue weighted by molar-refractivity contribution is 5.98. The Hall–Kier alpha value is -6.12. The van der Waals surface area contributed by atoms with Crippen LogP contribution >= 0.6 is 0 Å². The van der Waals surface area contributed by atoms with Gasteiger partial charge in [0.2, 0.25) is 0 Å². The van der Waals surface area contributed by atoms with E-state index in [2.05, 4.69) is 188 Å². The van der Waals surface area contributed by atoms with E-state index in [9.17, 15) is 0 Å². The fourth-order valence-corrected chi connectivity index (χ4v) is 7.68. The van der Waals surface area contributed by atoms with Crippen LogP contribution in [0, 0.1) is 0 Å². The molecule has 8 rings (SSSR count). The minimum absolute atomic E-state index is 0.119. The normalized spacial score (nSPS) is 19.3. The molecule has 5 aromatic rings. The minimum Gasteiger partial charge on any atom is -0.317 e. The van der Waals surface area contributed by atoms with Crippen LogP contribution in [0.4, 0.5) is 28.4 Å². The zero-order valence-electron chi connectivity index (χ0n) is 28.5. The maximum atomic E-state index is 4.63. The van der Waals surface area contributed by atoms with Crippen molar-refractivity contribution in [1.82, 2.24) is 0 Å². The molecule has 0 spiro atoms. The molecule has 0 aromatic heterocycles. The van der Waals surface area contributed by atoms with Crippen LogP contribution in [0.15, 0.2) is 200 Å². The molecule has 50 heavy (non-hydrogen) atoms. The number of benzene rings is 5. The van der Waals surface area contributed by atoms with Gasteiger partial charge in [-0.25, -0.2) is 0 Å². The summed E-state index contributed by atoms with van der Waals surface area (Å²) in [6.45, 7) is 15.0. The van der Waals surface area contributed by atoms with Crippen molar-refractivity contribution in [3.05, 3.63) is 217 Å². The van der Waals surface area contributed by atoms with Gasteiger partial charge in [0.25, 0.3) is 0 Å². The van der Waals surface area contributed by atoms with Crippen LogP contribution in [-0.4, -0.2) is 0 Å². The van der Waals surface area contributed by atoms with Gasteiger partial charge in [0.1, 0.15) is 0 Å². The maximum Gasteiger partial charge on any atom is 0.0540 e. The molecule has 2 nitrogen and oxygen atoms in total. The van der Waals surface area contributed by atoms with E-state index in [0.717, 1.165) is 58.0 Å². The van der Waals surface area contributed by atoms with Gasteiger partial charge in [0, 0.05) is 39.9 Å². The molecule has 1 unspecified atom stereocenters. The first-order chi connectivity index (χ1) is 24.5. The molecule has 0 saturated heterocycles. The first kappa shape index (κ1) is 31.2. The molecule has 5 aromatic carbocycles. The third-order valence-electron chi connectivity index (χ3n) is 10.4. The maximum absolute atomic E-state index is 4.63. The fourth-order valence-electron chi connectivity index (χ4n) is 7.68. The van der Waals surface area contributed by atoms with Gasteiger partial charge in [-0.1, -0.05) is 124 Å². The molecule has 2 bridgehead atoms. The summed E-state index contributed by atoms with van der Waals surface area (Å²) in [5, 5.41) is 0. The van der Waals surface area contributed by atoms with E-state index in [1.807, 2.05) is 12.2 Å². The lowest BCUT2D eigenvalue weighted by Gasteiger charge is -2.32. The van der Waals surface area contributed by atoms with Crippen LogP contribution in [-0.2, 0) is 11.8 Å². The quantitative estimate of drug-likeness (QED) is 0.174. The summed E-state index contributed by atoms with van der Waals surface area (Å²) in [6, 6.07) is 43.8. The van der Waals surface area contributed by atoms with Crippen molar-refractivity contribution in [1.29, 1.82) is 0 Å². The van der Waals surface area contributed by atoms with Crippen molar-refractivity contribution in [2.75, 3.05) is 9.80 Å². The monoisotopic (exact) mass is 644 g/mol. The van der Waals surface area contributed by atoms with Gasteiger partial charge in [-0.3, -0.25) is 0 Å². The van der Waals surface area contributed by atoms with E-state index in [4.69, 9.17) is 0 Å². The Morgan fingerprint density at radius 3 is 2.10 bits per heavy atom. The number of para-hydroxylation sites is 1. The number of hydrogen-bond donors (Lipinski definition) is 0. The predicted octanol–water partition coefficient (Wildman–Crippen LogP) is 12.9. The van der Waals surface area contributed by atoms with Crippen molar-refractivity contribution in [3.8, 4) is 11.1 Å². The topological polar surface area (TPSA) is 6.48 Å². The lowest BCUT2D eigenvalue weighted by Crippen LogP contribution is -2.22. The van der Waals surface area contributed by atoms with Crippen LogP contribution in [0.2, 0.25) is 0 Å². The average molecular weight is 645 g/mol. The average Bonchev–Trinajstić information content (AvgIpc) is 3.28. The van der Waals surface area contributed by atoms with Crippen molar-refractivity contribution in [2.24, 2.45) is 0 Å². The smallest absolute Gasteiger partial charge is 0.0540 e. The molecule has 2 heteroatoms. The number of fused-ring (bicyclic) bond motifs is 3. The molecule has 242 valence electrons. The Morgan fingerprint density at radius 1 is 0.700 bits per heavy atom. The molecule has 1 heterocycles. The Balaban J connectivity index is 1.16. The fraction of sp³-hybridized carbons (Fsp3) is 0.0833. The summed E-state index contributed by atoms with van der Waals surface area (Å²) >= 11 is 0. The Labute approximate surface area is 296 Å². The summed E-state index contributed by atoms with van der Waals surface area (Å²) in [5.41, 5.74) is 16.4. The van der Waals surface area contributed by atoms with Gasteiger partial charge < -0.3 is 9.80 Å². The Morgan fingerprint density at radius 2 is 1.36 bits per heavy atom. The summed E-state index contributed by atoms with van der Waals surface area (Å²) < 4.78 is 0. The number of anilines is 5. The van der Waals surface area contributed by atoms with E-state index in [1.54, 1.807) is 0 Å². The largest absolute Gasteiger partial charge is 0.317 e. The van der Waals surface area contributed by atoms with Gasteiger partial charge in [0.15, 0.2) is 0 Å². The molecule has 0 amide bonds. The lowest BCUT2D eigenvalue weighted by atomic mass is 9.74. The van der Waals surface area contributed by atoms with Gasteiger partial charge in [-0.2, -0.15) is 0 Å². The summed E-state index contributed by atoms with van der Waals surface area (Å²) in [4.78, 5) is 4.61. The number of allylic oxidation sites excluding steroid dienone is 10. The van der Waals surface area contributed by atoms with Gasteiger partial charge in [0.05, 0.1) is 5.69 Å². The van der Waals surface area contributed by atoms with Crippen LogP contribution in [0.25, 0.3) is 16.7 Å². The summed E-state index contributed by atoms with van der Waals surface area (Å²) in [7, 11) is 0. The van der Waals surface area contributed by atoms with Crippen molar-refractivity contribution in [3.63, 3.8) is 0 Å². The first-order valence-electron chi connectivity index (χ1n) is 17.3. The van der Waals surface area contributed by atoms with Crippen LogP contribution in [0.3, 0.4) is 0 Å². The highest BCUT2D eigenvalue weighted by atomic mass is 15.1. The molecule has 0 saturated carbocycles. The highest BCUT2D eigenvalue weighted by Crippen LogP contribution is 2.47. The standard InChI is InChI=1S/C48H40N2/c1-5-35-29-30-48(4,33-36(35)6-2)39-21-23-42(24-22-39)50(41-16-8-7-9-17-41)43-27-25-40(26-28-43)49-31-13-15-37-32-38-14-10-11-18-44(38)45-19-12-20-46(49)47(45)34(37)3/h5-29,31,33H,1-3,30,32H2,4H3/b31-13-,37-15-. The van der Waals surface area contributed by atoms with E-state index in [0.29, 0.717) is 0 Å². The van der Waals surface area contributed by atoms with E-state index >= 15 is 0 Å². The second-order valence-corrected chi connectivity index (χ2v) is 13.4. The molecule has 0 radical (unpaired) electrons. The van der Waals surface area contributed by atoms with E-state index < -0.39 is 0 Å². The SMILES string of the molecule is C=CC1=CCC(C)(c2ccc(N(c3ccccc3)c3ccc(N4/C=C\C=C5\Cc6ccccc6-c6cccc4c6C5=C)cc3)cc2)C=C1C=C. The van der Waals surface area contributed by atoms with E-state index in [-0.39, 0.29) is 5.41 Å². The third-order valence-corrected chi connectivity index (χ3v) is 10.4. The van der Waals surface area contributed by atoms with Crippen LogP contribution in [0.5, 0.6) is 0 Å². The molecule has 2 aliphatic carbocycles. The number of rotatable bonds is 7. The Bertz CT molecular complexity index is 2260. The zero-order chi connectivity index (χ0) is 34.2. The minimum atomic E-state index is -0.119. The molecule has 3 aliphatic rings. The lowest BCUT2D eigenvalue weighted by molar-refractivity contribution is 0.594. The molecule has 0 fully saturated rings. The summed E-state index contributed by atoms with van der Waals surface area (Å²) in [6.07, 6.45) is 16.8. The van der Waals surface area contributed by atoms with Crippen LogP contribution < -0.4 is 9.80 Å². The summed E-state index contributed by atoms with van der Waals surface area (Å²) in [5.74, 6) is 0. The van der Waals surface area contributed by atoms with Crippen molar-refractivity contribution < 1.29 is 0 Å². The molecule has 0 N–H and O–H groups in total. The molecular weight excluding hydrogens is 605 g/mol.